The van der Waals surface area contributed by atoms with E-state index in [9.17, 15) is 0 Å². The Labute approximate surface area is 261 Å². The topological polar surface area (TPSA) is 42.7 Å². The van der Waals surface area contributed by atoms with Crippen molar-refractivity contribution >= 4 is 23.3 Å². The molecule has 4 saturated carbocycles. The van der Waals surface area contributed by atoms with Gasteiger partial charge >= 0.3 is 5.96 Å². The lowest BCUT2D eigenvalue weighted by Crippen LogP contribution is -2.55. The summed E-state index contributed by atoms with van der Waals surface area (Å²) in [5.74, 6) is 2.14. The Balaban J connectivity index is 1.52. The van der Waals surface area contributed by atoms with E-state index >= 15 is 0 Å². The molecule has 2 aromatic rings. The summed E-state index contributed by atoms with van der Waals surface area (Å²) in [6.45, 7) is 0. The Hall–Kier alpha value is -2.82. The molecular formula is C38H56N5+. The largest absolute Gasteiger partial charge is 0.393 e. The normalized spacial score (nSPS) is 21.1. The molecule has 0 unspecified atom stereocenters. The van der Waals surface area contributed by atoms with Crippen molar-refractivity contribution in [1.29, 1.82) is 0 Å². The molecule has 0 aliphatic heterocycles. The first-order valence-electron chi connectivity index (χ1n) is 18.0. The quantitative estimate of drug-likeness (QED) is 0.202. The second kappa shape index (κ2) is 15.8. The number of hydrogen-bond acceptors (Lipinski definition) is 0. The fourth-order valence-corrected chi connectivity index (χ4v) is 8.44. The van der Waals surface area contributed by atoms with Gasteiger partial charge in [-0.05, 0) is 80.6 Å². The molecule has 4 fully saturated rings. The van der Waals surface area contributed by atoms with Crippen molar-refractivity contribution in [3.8, 4) is 0 Å². The number of rotatable bonds is 6. The van der Waals surface area contributed by atoms with Gasteiger partial charge in [0, 0.05) is 11.4 Å². The maximum atomic E-state index is 5.83. The van der Waals surface area contributed by atoms with E-state index in [4.69, 9.17) is 4.99 Å². The number of para-hydroxylation sites is 2. The summed E-state index contributed by atoms with van der Waals surface area (Å²) in [5, 5.41) is 7.49. The smallest absolute Gasteiger partial charge is 0.312 e. The van der Waals surface area contributed by atoms with Crippen molar-refractivity contribution in [3.63, 3.8) is 0 Å². The minimum absolute atomic E-state index is 0.597. The zero-order chi connectivity index (χ0) is 29.1. The van der Waals surface area contributed by atoms with Gasteiger partial charge in [0.15, 0.2) is 0 Å². The summed E-state index contributed by atoms with van der Waals surface area (Å²) in [5.41, 5.74) is 2.15. The maximum Gasteiger partial charge on any atom is 0.393 e. The van der Waals surface area contributed by atoms with E-state index in [2.05, 4.69) is 80.8 Å². The average molecular weight is 583 g/mol. The minimum atomic E-state index is 0.597. The van der Waals surface area contributed by atoms with Crippen LogP contribution < -0.4 is 10.6 Å². The third-order valence-electron chi connectivity index (χ3n) is 10.6. The van der Waals surface area contributed by atoms with Crippen LogP contribution in [-0.2, 0) is 0 Å². The highest BCUT2D eigenvalue weighted by Gasteiger charge is 2.42. The van der Waals surface area contributed by atoms with Crippen molar-refractivity contribution in [3.05, 3.63) is 60.7 Å². The van der Waals surface area contributed by atoms with Gasteiger partial charge in [-0.1, -0.05) is 113 Å². The number of aliphatic imine (C=N–C) groups is 1. The van der Waals surface area contributed by atoms with Crippen molar-refractivity contribution < 1.29 is 4.58 Å². The van der Waals surface area contributed by atoms with Crippen molar-refractivity contribution in [2.75, 3.05) is 10.6 Å². The molecule has 5 heteroatoms. The molecule has 0 bridgehead atoms. The van der Waals surface area contributed by atoms with E-state index in [1.54, 1.807) is 0 Å². The second-order valence-electron chi connectivity index (χ2n) is 13.7. The van der Waals surface area contributed by atoms with Crippen LogP contribution in [0.25, 0.3) is 0 Å². The van der Waals surface area contributed by atoms with Crippen LogP contribution in [0.15, 0.2) is 65.7 Å². The lowest BCUT2D eigenvalue weighted by atomic mass is 9.88. The van der Waals surface area contributed by atoms with E-state index in [0.29, 0.717) is 24.2 Å². The average Bonchev–Trinajstić information content (AvgIpc) is 3.08. The van der Waals surface area contributed by atoms with Crippen molar-refractivity contribution in [2.45, 2.75) is 153 Å². The summed E-state index contributed by atoms with van der Waals surface area (Å²) in [4.78, 5) is 8.76. The Morgan fingerprint density at radius 2 is 0.884 bits per heavy atom. The van der Waals surface area contributed by atoms with E-state index < -0.39 is 0 Å². The number of guanidine groups is 2. The second-order valence-corrected chi connectivity index (χ2v) is 13.7. The van der Waals surface area contributed by atoms with Crippen LogP contribution in [0.5, 0.6) is 0 Å². The highest BCUT2D eigenvalue weighted by atomic mass is 15.4. The highest BCUT2D eigenvalue weighted by Crippen LogP contribution is 2.34. The van der Waals surface area contributed by atoms with Crippen LogP contribution in [0.3, 0.4) is 0 Å². The monoisotopic (exact) mass is 582 g/mol. The molecule has 0 spiro atoms. The first-order chi connectivity index (χ1) is 21.3. The van der Waals surface area contributed by atoms with Gasteiger partial charge in [-0.3, -0.25) is 9.48 Å². The molecule has 0 amide bonds. The molecule has 0 saturated heterocycles. The van der Waals surface area contributed by atoms with E-state index in [1.807, 2.05) is 0 Å². The SMILES string of the molecule is c1ccc(NC(=NC(N(C2CCCCC2)C2CCCCC2)=[N+](C2CCCCC2)C2CCCCC2)Nc2ccccc2)cc1. The molecule has 5 nitrogen and oxygen atoms in total. The molecule has 4 aliphatic carbocycles. The first-order valence-corrected chi connectivity index (χ1v) is 18.0. The zero-order valence-electron chi connectivity index (χ0n) is 26.6. The summed E-state index contributed by atoms with van der Waals surface area (Å²) < 4.78 is 2.93. The summed E-state index contributed by atoms with van der Waals surface area (Å²) >= 11 is 0. The van der Waals surface area contributed by atoms with Gasteiger partial charge in [0.05, 0.1) is 24.2 Å². The Morgan fingerprint density at radius 3 is 1.28 bits per heavy atom. The van der Waals surface area contributed by atoms with Gasteiger partial charge in [-0.15, -0.1) is 0 Å². The third kappa shape index (κ3) is 8.22. The van der Waals surface area contributed by atoms with Crippen molar-refractivity contribution in [2.24, 2.45) is 4.99 Å². The van der Waals surface area contributed by atoms with Crippen LogP contribution in [-0.4, -0.2) is 45.6 Å². The molecule has 6 rings (SSSR count). The predicted molar refractivity (Wildman–Crippen MR) is 182 cm³/mol. The van der Waals surface area contributed by atoms with Crippen LogP contribution in [0.4, 0.5) is 11.4 Å². The molecular weight excluding hydrogens is 526 g/mol. The summed E-state index contributed by atoms with van der Waals surface area (Å²) in [6.07, 6.45) is 26.9. The molecule has 0 radical (unpaired) electrons. The van der Waals surface area contributed by atoms with Gasteiger partial charge in [0.25, 0.3) is 5.96 Å². The minimum Gasteiger partial charge on any atom is -0.312 e. The van der Waals surface area contributed by atoms with Gasteiger partial charge in [0.2, 0.25) is 0 Å². The van der Waals surface area contributed by atoms with Gasteiger partial charge in [0.1, 0.15) is 0 Å². The summed E-state index contributed by atoms with van der Waals surface area (Å²) in [7, 11) is 0. The lowest BCUT2D eigenvalue weighted by Gasteiger charge is -2.41. The lowest BCUT2D eigenvalue weighted by molar-refractivity contribution is -0.612. The Bertz CT molecular complexity index is 1070. The number of anilines is 2. The maximum absolute atomic E-state index is 5.83. The van der Waals surface area contributed by atoms with E-state index in [1.165, 1.54) is 134 Å². The molecule has 2 N–H and O–H groups in total. The fourth-order valence-electron chi connectivity index (χ4n) is 8.44. The zero-order valence-corrected chi connectivity index (χ0v) is 26.6. The molecule has 0 atom stereocenters. The number of nitrogens with one attached hydrogen (secondary N) is 2. The molecule has 0 aromatic heterocycles. The predicted octanol–water partition coefficient (Wildman–Crippen LogP) is 9.57. The molecule has 2 aromatic carbocycles. The van der Waals surface area contributed by atoms with Crippen LogP contribution in [0.1, 0.15) is 128 Å². The fraction of sp³-hybridized carbons (Fsp3) is 0.632. The van der Waals surface area contributed by atoms with Crippen LogP contribution >= 0.6 is 0 Å². The Morgan fingerprint density at radius 1 is 0.512 bits per heavy atom. The number of hydrogen-bond donors (Lipinski definition) is 2. The van der Waals surface area contributed by atoms with Crippen LogP contribution in [0, 0.1) is 0 Å². The van der Waals surface area contributed by atoms with E-state index in [-0.39, 0.29) is 0 Å². The van der Waals surface area contributed by atoms with Gasteiger partial charge in [-0.25, -0.2) is 0 Å². The number of nitrogens with zero attached hydrogens (tertiary/aromatic N) is 3. The standard InChI is InChI=1S/C38H55N5/c1-7-19-31(20-8-1)39-37(40-32-21-9-2-10-22-32)41-38(42(33-23-11-3-12-24-33)34-25-13-4-14-26-34)43(35-27-15-5-16-28-35)36-29-17-6-18-30-36/h1-2,7-10,19-22,33-36H,3-6,11-18,23-30H2,(H,39,40)/p+1. The van der Waals surface area contributed by atoms with Gasteiger partial charge in [-0.2, -0.15) is 0 Å². The molecule has 43 heavy (non-hydrogen) atoms. The number of benzene rings is 2. The third-order valence-corrected chi connectivity index (χ3v) is 10.6. The van der Waals surface area contributed by atoms with Gasteiger partial charge < -0.3 is 10.6 Å². The molecule has 0 heterocycles. The van der Waals surface area contributed by atoms with Crippen LogP contribution in [0.2, 0.25) is 0 Å². The van der Waals surface area contributed by atoms with E-state index in [0.717, 1.165) is 17.3 Å². The van der Waals surface area contributed by atoms with Crippen molar-refractivity contribution in [1.82, 2.24) is 4.90 Å². The molecule has 4 aliphatic rings. The first kappa shape index (κ1) is 30.2. The Kier molecular flexibility index (Phi) is 11.1. The highest BCUT2D eigenvalue weighted by molar-refractivity contribution is 6.08. The molecule has 232 valence electrons. The summed E-state index contributed by atoms with van der Waals surface area (Å²) in [6, 6.07) is 23.6.